The average molecular weight is 520 g/mol. The Bertz CT molecular complexity index is 1440. The first-order valence-electron chi connectivity index (χ1n) is 12.3. The largest absolute Gasteiger partial charge is 0.508 e. The molecule has 0 radical (unpaired) electrons. The summed E-state index contributed by atoms with van der Waals surface area (Å²) in [6.07, 6.45) is -0.00638. The monoisotopic (exact) mass is 519 g/mol. The molecule has 1 unspecified atom stereocenters. The highest BCUT2D eigenvalue weighted by Crippen LogP contribution is 2.53. The molecule has 3 aliphatic rings. The molecule has 1 fully saturated rings. The zero-order valence-electron chi connectivity index (χ0n) is 21.0. The van der Waals surface area contributed by atoms with Gasteiger partial charge in [0.1, 0.15) is 22.8 Å². The second kappa shape index (κ2) is 8.91. The summed E-state index contributed by atoms with van der Waals surface area (Å²) in [6.45, 7) is 0.226. The van der Waals surface area contributed by atoms with Crippen molar-refractivity contribution >= 4 is 34.6 Å². The molecule has 10 heteroatoms. The molecular formula is C28H29N3O7. The van der Waals surface area contributed by atoms with E-state index in [2.05, 4.69) is 5.32 Å². The number of phenols is 1. The normalized spacial score (nSPS) is 24.5. The Morgan fingerprint density at radius 2 is 1.82 bits per heavy atom. The number of benzene rings is 2. The van der Waals surface area contributed by atoms with Crippen LogP contribution >= 0.6 is 0 Å². The van der Waals surface area contributed by atoms with Crippen LogP contribution in [0.2, 0.25) is 0 Å². The number of aliphatic hydroxyl groups is 3. The van der Waals surface area contributed by atoms with E-state index in [1.807, 2.05) is 55.4 Å². The number of phenolic OH excluding ortho intramolecular Hbond substituents is 1. The fourth-order valence-electron chi connectivity index (χ4n) is 6.01. The number of nitrogens with two attached hydrogens (primary N) is 1. The summed E-state index contributed by atoms with van der Waals surface area (Å²) in [5, 5.41) is 48.1. The van der Waals surface area contributed by atoms with Crippen LogP contribution in [0.5, 0.6) is 5.75 Å². The number of hydrogen-bond acceptors (Lipinski definition) is 9. The van der Waals surface area contributed by atoms with Crippen molar-refractivity contribution in [1.82, 2.24) is 0 Å². The number of fused-ring (bicyclic) bond motifs is 3. The Hall–Kier alpha value is -4.31. The van der Waals surface area contributed by atoms with Gasteiger partial charge in [0.05, 0.1) is 5.56 Å². The third kappa shape index (κ3) is 3.63. The lowest BCUT2D eigenvalue weighted by atomic mass is 9.59. The maximum atomic E-state index is 13.7. The number of amides is 1. The van der Waals surface area contributed by atoms with Crippen LogP contribution in [0.25, 0.3) is 5.76 Å². The Morgan fingerprint density at radius 3 is 2.45 bits per heavy atom. The van der Waals surface area contributed by atoms with E-state index < -0.39 is 52.0 Å². The summed E-state index contributed by atoms with van der Waals surface area (Å²) in [4.78, 5) is 39.9. The maximum absolute atomic E-state index is 13.7. The van der Waals surface area contributed by atoms with E-state index in [1.165, 1.54) is 0 Å². The van der Waals surface area contributed by atoms with E-state index >= 15 is 0 Å². The van der Waals surface area contributed by atoms with Crippen LogP contribution in [0.1, 0.15) is 29.5 Å². The molecule has 7 N–H and O–H groups in total. The molecule has 1 amide bonds. The summed E-state index contributed by atoms with van der Waals surface area (Å²) in [5.74, 6) is -6.37. The highest BCUT2D eigenvalue weighted by molar-refractivity contribution is 6.22. The van der Waals surface area contributed by atoms with Crippen molar-refractivity contribution in [2.24, 2.45) is 17.6 Å². The van der Waals surface area contributed by atoms with Crippen molar-refractivity contribution in [2.45, 2.75) is 31.4 Å². The molecule has 5 rings (SSSR count). The lowest BCUT2D eigenvalue weighted by molar-refractivity contribution is -0.147. The number of aromatic hydroxyl groups is 1. The molecule has 0 aliphatic heterocycles. The van der Waals surface area contributed by atoms with E-state index in [0.29, 0.717) is 11.1 Å². The number of primary amides is 1. The SMILES string of the molecule is CN(C)c1cc(CNc2ccccc2)c(O)c2c1CC1C[C@H]3CC(=O)C(C(N)=O)=C(O)[C@@]3(O)C(=O)C1=C2O. The van der Waals surface area contributed by atoms with Gasteiger partial charge in [0.2, 0.25) is 5.78 Å². The van der Waals surface area contributed by atoms with Crippen molar-refractivity contribution in [2.75, 3.05) is 24.3 Å². The quantitative estimate of drug-likeness (QED) is 0.323. The number of carbonyl (C=O) groups is 3. The molecule has 0 saturated heterocycles. The molecule has 10 nitrogen and oxygen atoms in total. The number of ketones is 2. The number of anilines is 2. The fourth-order valence-corrected chi connectivity index (χ4v) is 6.01. The Morgan fingerprint density at radius 1 is 1.13 bits per heavy atom. The number of para-hydroxylation sites is 1. The van der Waals surface area contributed by atoms with Gasteiger partial charge in [0.25, 0.3) is 5.91 Å². The maximum Gasteiger partial charge on any atom is 0.255 e. The van der Waals surface area contributed by atoms with E-state index in [-0.39, 0.29) is 42.7 Å². The highest BCUT2D eigenvalue weighted by atomic mass is 16.3. The lowest BCUT2D eigenvalue weighted by Gasteiger charge is -2.46. The third-order valence-corrected chi connectivity index (χ3v) is 7.86. The van der Waals surface area contributed by atoms with Crippen LogP contribution in [-0.4, -0.2) is 57.6 Å². The zero-order chi connectivity index (χ0) is 27.5. The minimum atomic E-state index is -2.58. The second-order valence-electron chi connectivity index (χ2n) is 10.3. The molecule has 2 aromatic rings. The molecule has 0 spiro atoms. The van der Waals surface area contributed by atoms with Gasteiger partial charge in [-0.1, -0.05) is 18.2 Å². The Balaban J connectivity index is 1.64. The van der Waals surface area contributed by atoms with E-state index in [9.17, 15) is 34.8 Å². The van der Waals surface area contributed by atoms with E-state index in [4.69, 9.17) is 5.73 Å². The molecule has 2 aromatic carbocycles. The molecule has 0 bridgehead atoms. The number of carbonyl (C=O) groups excluding carboxylic acids is 3. The van der Waals surface area contributed by atoms with Crippen LogP contribution in [0, 0.1) is 11.8 Å². The standard InChI is InChI=1S/C28H29N3O7/c1-31(2)18-10-14(12-30-16-6-4-3-5-7-16)23(33)21-17(18)9-13-8-15-11-19(32)22(27(29)37)26(36)28(15,38)25(35)20(13)24(21)34/h3-7,10,13,15,30,33-34,36,38H,8-9,11-12H2,1-2H3,(H2,29,37)/t13?,15-,28-/m0/s1. The Labute approximate surface area is 218 Å². The summed E-state index contributed by atoms with van der Waals surface area (Å²) >= 11 is 0. The number of nitrogens with one attached hydrogen (secondary N) is 1. The van der Waals surface area contributed by atoms with Gasteiger partial charge in [-0.3, -0.25) is 14.4 Å². The first-order valence-corrected chi connectivity index (χ1v) is 12.3. The number of rotatable bonds is 5. The molecular weight excluding hydrogens is 490 g/mol. The first-order chi connectivity index (χ1) is 18.0. The summed E-state index contributed by atoms with van der Waals surface area (Å²) in [5.41, 5.74) is 4.44. The minimum absolute atomic E-state index is 0.0770. The van der Waals surface area contributed by atoms with Crippen molar-refractivity contribution < 1.29 is 34.8 Å². The zero-order valence-corrected chi connectivity index (χ0v) is 21.0. The van der Waals surface area contributed by atoms with E-state index in [1.54, 1.807) is 0 Å². The van der Waals surface area contributed by atoms with Crippen molar-refractivity contribution in [3.8, 4) is 5.75 Å². The van der Waals surface area contributed by atoms with Crippen LogP contribution in [0.15, 0.2) is 53.3 Å². The first kappa shape index (κ1) is 25.3. The molecule has 3 aliphatic carbocycles. The summed E-state index contributed by atoms with van der Waals surface area (Å²) < 4.78 is 0. The van der Waals surface area contributed by atoms with Gasteiger partial charge in [-0.05, 0) is 42.5 Å². The number of hydrogen-bond donors (Lipinski definition) is 6. The van der Waals surface area contributed by atoms with Crippen LogP contribution in [0.3, 0.4) is 0 Å². The average Bonchev–Trinajstić information content (AvgIpc) is 2.86. The highest BCUT2D eigenvalue weighted by Gasteiger charge is 2.60. The number of nitrogens with zero attached hydrogens (tertiary/aromatic N) is 1. The smallest absolute Gasteiger partial charge is 0.255 e. The molecule has 0 aromatic heterocycles. The predicted octanol–water partition coefficient (Wildman–Crippen LogP) is 2.10. The van der Waals surface area contributed by atoms with Gasteiger partial charge in [0, 0.05) is 55.5 Å². The third-order valence-electron chi connectivity index (χ3n) is 7.86. The van der Waals surface area contributed by atoms with Crippen molar-refractivity contribution in [3.63, 3.8) is 0 Å². The topological polar surface area (TPSA) is 173 Å². The molecule has 3 atom stereocenters. The van der Waals surface area contributed by atoms with Gasteiger partial charge in [-0.25, -0.2) is 0 Å². The van der Waals surface area contributed by atoms with Gasteiger partial charge in [-0.2, -0.15) is 0 Å². The summed E-state index contributed by atoms with van der Waals surface area (Å²) in [7, 11) is 3.66. The molecule has 1 saturated carbocycles. The van der Waals surface area contributed by atoms with Gasteiger partial charge in [0.15, 0.2) is 11.4 Å². The van der Waals surface area contributed by atoms with Crippen LogP contribution in [0.4, 0.5) is 11.4 Å². The predicted molar refractivity (Wildman–Crippen MR) is 139 cm³/mol. The lowest BCUT2D eigenvalue weighted by Crippen LogP contribution is -2.58. The minimum Gasteiger partial charge on any atom is -0.508 e. The van der Waals surface area contributed by atoms with Gasteiger partial charge < -0.3 is 36.4 Å². The number of aliphatic hydroxyl groups excluding tert-OH is 2. The second-order valence-corrected chi connectivity index (χ2v) is 10.3. The fraction of sp³-hybridized carbons (Fsp3) is 0.321. The Kier molecular flexibility index (Phi) is 5.94. The molecule has 198 valence electrons. The van der Waals surface area contributed by atoms with E-state index in [0.717, 1.165) is 11.4 Å². The van der Waals surface area contributed by atoms with Gasteiger partial charge in [-0.15, -0.1) is 0 Å². The van der Waals surface area contributed by atoms with Crippen LogP contribution < -0.4 is 16.0 Å². The molecule has 0 heterocycles. The summed E-state index contributed by atoms with van der Waals surface area (Å²) in [6, 6.07) is 11.2. The molecule has 38 heavy (non-hydrogen) atoms. The van der Waals surface area contributed by atoms with Crippen LogP contribution in [-0.2, 0) is 27.3 Å². The van der Waals surface area contributed by atoms with Crippen molar-refractivity contribution in [1.29, 1.82) is 0 Å². The van der Waals surface area contributed by atoms with Gasteiger partial charge >= 0.3 is 0 Å². The van der Waals surface area contributed by atoms with Crippen molar-refractivity contribution in [3.05, 3.63) is 70.0 Å². The number of Topliss-reactive ketones (excluding diaryl/α,β-unsaturated/α-hetero) is 2.